The Morgan fingerprint density at radius 2 is 1.82 bits per heavy atom. The number of amides is 2. The number of ether oxygens (including phenoxy) is 3. The highest BCUT2D eigenvalue weighted by Crippen LogP contribution is 2.52. The molecule has 14 heteroatoms. The van der Waals surface area contributed by atoms with Crippen LogP contribution < -0.4 is 29.1 Å². The molecule has 5 aromatic rings. The Balaban J connectivity index is 1.20. The summed E-state index contributed by atoms with van der Waals surface area (Å²) in [4.78, 5) is 30.0. The van der Waals surface area contributed by atoms with Crippen molar-refractivity contribution in [3.05, 3.63) is 108 Å². The van der Waals surface area contributed by atoms with Crippen molar-refractivity contribution in [2.75, 3.05) is 29.2 Å². The third kappa shape index (κ3) is 4.89. The first-order chi connectivity index (χ1) is 24.6. The topological polar surface area (TPSA) is 118 Å². The highest BCUT2D eigenvalue weighted by atomic mass is 32.2. The Morgan fingerprint density at radius 1 is 0.900 bits per heavy atom. The van der Waals surface area contributed by atoms with Crippen LogP contribution >= 0.6 is 35.4 Å². The van der Waals surface area contributed by atoms with Gasteiger partial charge >= 0.3 is 0 Å². The van der Waals surface area contributed by atoms with Gasteiger partial charge in [-0.1, -0.05) is 16.6 Å². The average molecular weight is 717 g/mol. The fourth-order valence-corrected chi connectivity index (χ4v) is 8.53. The van der Waals surface area contributed by atoms with E-state index in [-0.39, 0.29) is 11.8 Å². The smallest absolute Gasteiger partial charge is 0.277 e. The van der Waals surface area contributed by atoms with Crippen LogP contribution in [0.2, 0.25) is 0 Å². The maximum atomic E-state index is 14.9. The van der Waals surface area contributed by atoms with Gasteiger partial charge in [0.25, 0.3) is 5.91 Å². The van der Waals surface area contributed by atoms with E-state index in [1.54, 1.807) is 4.90 Å². The number of rotatable bonds is 4. The minimum absolute atomic E-state index is 0.0552. The fraction of sp³-hybridized carbons (Fsp3) is 0.111. The summed E-state index contributed by atoms with van der Waals surface area (Å²) in [6.45, 7) is 0.863. The Labute approximate surface area is 298 Å². The van der Waals surface area contributed by atoms with Gasteiger partial charge in [-0.05, 0) is 88.9 Å². The number of hydrogen-bond donors (Lipinski definition) is 2. The molecule has 10 rings (SSSR count). The first-order valence-electron chi connectivity index (χ1n) is 15.8. The maximum Gasteiger partial charge on any atom is 0.277 e. The molecule has 5 aliphatic heterocycles. The molecule has 50 heavy (non-hydrogen) atoms. The van der Waals surface area contributed by atoms with Gasteiger partial charge < -0.3 is 24.2 Å². The third-order valence-corrected chi connectivity index (χ3v) is 11.4. The summed E-state index contributed by atoms with van der Waals surface area (Å²) in [5, 5.41) is 7.28. The molecule has 0 aliphatic carbocycles. The van der Waals surface area contributed by atoms with Crippen molar-refractivity contribution >= 4 is 80.1 Å². The molecule has 6 heterocycles. The predicted octanol–water partition coefficient (Wildman–Crippen LogP) is 7.19. The molecule has 1 unspecified atom stereocenters. The van der Waals surface area contributed by atoms with Crippen LogP contribution in [0, 0.1) is 0 Å². The van der Waals surface area contributed by atoms with Crippen molar-refractivity contribution < 1.29 is 23.8 Å². The van der Waals surface area contributed by atoms with Crippen LogP contribution in [0.5, 0.6) is 17.2 Å². The molecular formula is C36H24N6O5S3. The minimum Gasteiger partial charge on any atom is -0.486 e. The second kappa shape index (κ2) is 11.6. The molecule has 0 radical (unpaired) electrons. The molecule has 0 spiro atoms. The largest absolute Gasteiger partial charge is 0.486 e. The highest BCUT2D eigenvalue weighted by Gasteiger charge is 2.40. The maximum absolute atomic E-state index is 14.9. The summed E-state index contributed by atoms with van der Waals surface area (Å²) in [5.41, 5.74) is 7.73. The fourth-order valence-electron chi connectivity index (χ4n) is 6.59. The predicted molar refractivity (Wildman–Crippen MR) is 194 cm³/mol. The number of aromatic nitrogens is 2. The molecule has 0 saturated heterocycles. The average Bonchev–Trinajstić information content (AvgIpc) is 3.83. The number of nitrogens with zero attached hydrogens (tertiary/aromatic N) is 4. The molecule has 1 aromatic heterocycles. The number of hydrogen-bond acceptors (Lipinski definition) is 12. The molecule has 0 fully saturated rings. The molecule has 11 nitrogen and oxygen atoms in total. The number of carbonyl (C=O) groups is 2. The summed E-state index contributed by atoms with van der Waals surface area (Å²) in [6.07, 6.45) is 7.15. The highest BCUT2D eigenvalue weighted by molar-refractivity contribution is 8.00. The molecule has 1 atom stereocenters. The van der Waals surface area contributed by atoms with E-state index in [1.165, 1.54) is 35.4 Å². The third-order valence-electron chi connectivity index (χ3n) is 8.91. The van der Waals surface area contributed by atoms with E-state index in [1.807, 2.05) is 77.4 Å². The van der Waals surface area contributed by atoms with Crippen LogP contribution in [-0.2, 0) is 9.59 Å². The number of anilines is 3. The Morgan fingerprint density at radius 3 is 2.76 bits per heavy atom. The normalized spacial score (nSPS) is 18.8. The van der Waals surface area contributed by atoms with Crippen molar-refractivity contribution in [2.24, 2.45) is 0 Å². The number of benzene rings is 4. The van der Waals surface area contributed by atoms with E-state index >= 15 is 0 Å². The van der Waals surface area contributed by atoms with Crippen molar-refractivity contribution in [3.63, 3.8) is 0 Å². The summed E-state index contributed by atoms with van der Waals surface area (Å²) >= 11 is 4.29. The lowest BCUT2D eigenvalue weighted by Crippen LogP contribution is -2.38. The molecule has 246 valence electrons. The van der Waals surface area contributed by atoms with Gasteiger partial charge in [-0.3, -0.25) is 18.8 Å². The van der Waals surface area contributed by atoms with Gasteiger partial charge in [0.2, 0.25) is 12.0 Å². The van der Waals surface area contributed by atoms with Gasteiger partial charge in [-0.25, -0.2) is 0 Å². The molecule has 0 saturated carbocycles. The van der Waals surface area contributed by atoms with Crippen molar-refractivity contribution in [3.8, 4) is 28.4 Å². The van der Waals surface area contributed by atoms with E-state index in [0.717, 1.165) is 43.2 Å². The number of thioether (sulfide) groups is 1. The molecule has 2 N–H and O–H groups in total. The van der Waals surface area contributed by atoms with Crippen LogP contribution in [0.1, 0.15) is 17.2 Å². The molecule has 2 amide bonds. The van der Waals surface area contributed by atoms with Crippen molar-refractivity contribution in [1.29, 1.82) is 0 Å². The van der Waals surface area contributed by atoms with Crippen LogP contribution in [0.25, 0.3) is 26.9 Å². The SMILES string of the molecule is O=C1CSc2ccc(-c3cc(C4=CC5=CNSN5C=C4)cc4c3N(c3ccc5c(c3)OCCO5)C(=O)C(c3ccc5snnc5c3)O4)cc2N1. The number of nitrogens with one attached hydrogen (secondary N) is 2. The molecular weight excluding hydrogens is 693 g/mol. The summed E-state index contributed by atoms with van der Waals surface area (Å²) in [7, 11) is 0. The summed E-state index contributed by atoms with van der Waals surface area (Å²) in [5.74, 6) is 1.73. The Bertz CT molecular complexity index is 2390. The second-order valence-electron chi connectivity index (χ2n) is 11.9. The Kier molecular flexibility index (Phi) is 6.82. The van der Waals surface area contributed by atoms with E-state index in [9.17, 15) is 9.59 Å². The summed E-state index contributed by atoms with van der Waals surface area (Å²) < 4.78 is 28.8. The van der Waals surface area contributed by atoms with Gasteiger partial charge in [0.1, 0.15) is 24.5 Å². The van der Waals surface area contributed by atoms with Gasteiger partial charge in [0, 0.05) is 34.5 Å². The van der Waals surface area contributed by atoms with Gasteiger partial charge in [0.15, 0.2) is 11.5 Å². The number of allylic oxidation sites excluding steroid dienone is 3. The van der Waals surface area contributed by atoms with Crippen LogP contribution in [0.3, 0.4) is 0 Å². The first-order valence-corrected chi connectivity index (χ1v) is 18.3. The van der Waals surface area contributed by atoms with Crippen molar-refractivity contribution in [2.45, 2.75) is 11.0 Å². The number of fused-ring (bicyclic) bond motifs is 5. The molecule has 4 aromatic carbocycles. The zero-order chi connectivity index (χ0) is 33.3. The zero-order valence-electron chi connectivity index (χ0n) is 25.9. The van der Waals surface area contributed by atoms with Crippen LogP contribution in [0.4, 0.5) is 17.1 Å². The zero-order valence-corrected chi connectivity index (χ0v) is 28.4. The van der Waals surface area contributed by atoms with Crippen LogP contribution in [-0.4, -0.2) is 44.7 Å². The Hall–Kier alpha value is -5.44. The minimum atomic E-state index is -0.978. The monoisotopic (exact) mass is 716 g/mol. The van der Waals surface area contributed by atoms with Crippen molar-refractivity contribution in [1.82, 2.24) is 18.6 Å². The lowest BCUT2D eigenvalue weighted by molar-refractivity contribution is -0.125. The van der Waals surface area contributed by atoms with Gasteiger partial charge in [-0.15, -0.1) is 16.9 Å². The quantitative estimate of drug-likeness (QED) is 0.184. The van der Waals surface area contributed by atoms with E-state index in [0.29, 0.717) is 58.7 Å². The van der Waals surface area contributed by atoms with Crippen LogP contribution in [0.15, 0.2) is 102 Å². The standard InChI is InChI=1S/C36H24N6O5S3/c43-33-18-48-31-5-1-20(13-26(31)38-33)25-12-22(19-7-8-41-24(11-19)17-37-50-41)15-30-34(25)42(23-3-4-28-29(16-23)46-10-9-45-28)36(44)35(47-30)21-2-6-32-27(14-21)39-40-49-32/h1-8,11-17,35,37H,9-10,18H2,(H,38,43). The van der Waals surface area contributed by atoms with Gasteiger partial charge in [-0.2, -0.15) is 0 Å². The summed E-state index contributed by atoms with van der Waals surface area (Å²) in [6, 6.07) is 21.3. The number of carbonyl (C=O) groups excluding carboxylic acids is 2. The lowest BCUT2D eigenvalue weighted by atomic mass is 9.92. The molecule has 5 aliphatic rings. The van der Waals surface area contributed by atoms with E-state index in [2.05, 4.69) is 37.8 Å². The van der Waals surface area contributed by atoms with E-state index < -0.39 is 6.10 Å². The lowest BCUT2D eigenvalue weighted by Gasteiger charge is -2.37. The van der Waals surface area contributed by atoms with Gasteiger partial charge in [0.05, 0.1) is 45.3 Å². The molecule has 0 bridgehead atoms. The first kappa shape index (κ1) is 29.5. The second-order valence-corrected chi connectivity index (χ2v) is 14.6. The van der Waals surface area contributed by atoms with E-state index in [4.69, 9.17) is 14.2 Å².